The molecule has 0 nitrogen and oxygen atoms in total. The van der Waals surface area contributed by atoms with Crippen molar-refractivity contribution in [1.29, 1.82) is 0 Å². The Morgan fingerprint density at radius 3 is 2.22 bits per heavy atom. The normalized spacial score (nSPS) is 11.6. The molecule has 0 amide bonds. The van der Waals surface area contributed by atoms with Crippen molar-refractivity contribution in [3.05, 3.63) is 64.9 Å². The van der Waals surface area contributed by atoms with Crippen LogP contribution in [0.5, 0.6) is 0 Å². The van der Waals surface area contributed by atoms with Gasteiger partial charge in [-0.05, 0) is 50.3 Å². The number of allylic oxidation sites excluding steroid dienone is 2. The second kappa shape index (κ2) is 7.03. The molecule has 1 atom stereocenters. The average molecular weight is 240 g/mol. The Bertz CT molecular complexity index is 452. The molecule has 0 aromatic heterocycles. The largest absolute Gasteiger partial charge is 0.122 e. The third-order valence-corrected chi connectivity index (χ3v) is 2.93. The fraction of sp³-hybridized carbons (Fsp3) is 0.389. The lowest BCUT2D eigenvalue weighted by atomic mass is 9.86. The minimum Gasteiger partial charge on any atom is -0.122 e. The van der Waals surface area contributed by atoms with E-state index < -0.39 is 0 Å². The first-order valence-corrected chi connectivity index (χ1v) is 6.66. The van der Waals surface area contributed by atoms with Gasteiger partial charge in [0.05, 0.1) is 0 Å². The van der Waals surface area contributed by atoms with Crippen LogP contribution in [0, 0.1) is 0 Å². The Kier molecular flexibility index (Phi) is 5.68. The third kappa shape index (κ3) is 4.39. The summed E-state index contributed by atoms with van der Waals surface area (Å²) in [4.78, 5) is 0. The summed E-state index contributed by atoms with van der Waals surface area (Å²) in [6, 6.07) is 10.7. The van der Waals surface area contributed by atoms with Gasteiger partial charge in [-0.15, -0.1) is 5.73 Å². The zero-order valence-corrected chi connectivity index (χ0v) is 12.1. The highest BCUT2D eigenvalue weighted by Gasteiger charge is 2.14. The molecule has 0 bridgehead atoms. The van der Waals surface area contributed by atoms with Gasteiger partial charge >= 0.3 is 0 Å². The zero-order chi connectivity index (χ0) is 13.5. The van der Waals surface area contributed by atoms with E-state index in [1.807, 2.05) is 0 Å². The minimum absolute atomic E-state index is 0.456. The van der Waals surface area contributed by atoms with E-state index in [1.165, 1.54) is 22.3 Å². The average Bonchev–Trinajstić information content (AvgIpc) is 2.29. The van der Waals surface area contributed by atoms with Crippen molar-refractivity contribution >= 4 is 0 Å². The number of hydrogen-bond donors (Lipinski definition) is 0. The maximum Gasteiger partial charge on any atom is 0.0125 e. The Labute approximate surface area is 112 Å². The first-order valence-electron chi connectivity index (χ1n) is 6.66. The first-order chi connectivity index (χ1) is 8.54. The van der Waals surface area contributed by atoms with Gasteiger partial charge in [-0.1, -0.05) is 49.4 Å². The molecule has 0 fully saturated rings. The summed E-state index contributed by atoms with van der Waals surface area (Å²) in [6.07, 6.45) is 2.05. The van der Waals surface area contributed by atoms with Crippen molar-refractivity contribution in [2.45, 2.75) is 46.5 Å². The molecule has 0 N–H and O–H groups in total. The van der Waals surface area contributed by atoms with Gasteiger partial charge in [0.1, 0.15) is 0 Å². The van der Waals surface area contributed by atoms with Gasteiger partial charge in [-0.2, -0.15) is 0 Å². The van der Waals surface area contributed by atoms with Crippen LogP contribution in [0.4, 0.5) is 0 Å². The van der Waals surface area contributed by atoms with Gasteiger partial charge in [0.25, 0.3) is 0 Å². The molecule has 0 heteroatoms. The van der Waals surface area contributed by atoms with Crippen molar-refractivity contribution in [3.8, 4) is 0 Å². The molecule has 0 saturated carbocycles. The molecule has 1 aromatic rings. The molecule has 0 heterocycles. The van der Waals surface area contributed by atoms with E-state index in [9.17, 15) is 0 Å². The fourth-order valence-electron chi connectivity index (χ4n) is 2.27. The van der Waals surface area contributed by atoms with Crippen LogP contribution in [0.1, 0.15) is 52.0 Å². The monoisotopic (exact) mass is 240 g/mol. The van der Waals surface area contributed by atoms with Crippen molar-refractivity contribution in [2.75, 3.05) is 0 Å². The molecule has 96 valence electrons. The van der Waals surface area contributed by atoms with Crippen molar-refractivity contribution in [2.24, 2.45) is 0 Å². The van der Waals surface area contributed by atoms with Crippen LogP contribution in [0.25, 0.3) is 0 Å². The molecule has 0 saturated heterocycles. The molecule has 0 spiro atoms. The summed E-state index contributed by atoms with van der Waals surface area (Å²) in [7, 11) is 0. The lowest BCUT2D eigenvalue weighted by Gasteiger charge is -2.18. The highest BCUT2D eigenvalue weighted by atomic mass is 14.2. The summed E-state index contributed by atoms with van der Waals surface area (Å²) in [5, 5.41) is 0. The maximum absolute atomic E-state index is 4.04. The number of benzene rings is 1. The molecule has 18 heavy (non-hydrogen) atoms. The van der Waals surface area contributed by atoms with Gasteiger partial charge in [-0.25, -0.2) is 0 Å². The van der Waals surface area contributed by atoms with Crippen LogP contribution in [-0.2, 0) is 0 Å². The molecule has 1 unspecified atom stereocenters. The van der Waals surface area contributed by atoms with E-state index >= 15 is 0 Å². The van der Waals surface area contributed by atoms with Crippen LogP contribution in [0.15, 0.2) is 59.4 Å². The molecular formula is C18H24. The topological polar surface area (TPSA) is 0 Å². The zero-order valence-electron chi connectivity index (χ0n) is 12.1. The van der Waals surface area contributed by atoms with Gasteiger partial charge in [0, 0.05) is 5.92 Å². The highest BCUT2D eigenvalue weighted by Crippen LogP contribution is 2.31. The van der Waals surface area contributed by atoms with Gasteiger partial charge in [0.15, 0.2) is 0 Å². The van der Waals surface area contributed by atoms with Crippen molar-refractivity contribution < 1.29 is 0 Å². The summed E-state index contributed by atoms with van der Waals surface area (Å²) in [5.41, 5.74) is 8.71. The first kappa shape index (κ1) is 14.5. The van der Waals surface area contributed by atoms with Crippen LogP contribution < -0.4 is 0 Å². The maximum atomic E-state index is 4.04. The molecular weight excluding hydrogens is 216 g/mol. The molecule has 0 aliphatic carbocycles. The quantitative estimate of drug-likeness (QED) is 0.461. The molecule has 1 rings (SSSR count). The Morgan fingerprint density at radius 2 is 1.78 bits per heavy atom. The smallest absolute Gasteiger partial charge is 0.0125 e. The van der Waals surface area contributed by atoms with Crippen LogP contribution >= 0.6 is 0 Å². The van der Waals surface area contributed by atoms with E-state index in [0.29, 0.717) is 5.92 Å². The van der Waals surface area contributed by atoms with Gasteiger partial charge in [-0.3, -0.25) is 0 Å². The SMILES string of the molecule is C=C(C)CC(=C=C(C)C)C(CC)c1ccccc1. The lowest BCUT2D eigenvalue weighted by molar-refractivity contribution is 0.737. The van der Waals surface area contributed by atoms with Gasteiger partial charge in [0.2, 0.25) is 0 Å². The second-order valence-corrected chi connectivity index (χ2v) is 5.16. The van der Waals surface area contributed by atoms with Gasteiger partial charge < -0.3 is 0 Å². The summed E-state index contributed by atoms with van der Waals surface area (Å²) in [5.74, 6) is 0.456. The lowest BCUT2D eigenvalue weighted by Crippen LogP contribution is -2.01. The summed E-state index contributed by atoms with van der Waals surface area (Å²) < 4.78 is 0. The van der Waals surface area contributed by atoms with E-state index in [4.69, 9.17) is 0 Å². The standard InChI is InChI=1S/C18H24/c1-6-18(16-10-8-7-9-11-16)17(12-14(2)3)13-15(4)5/h7-11,18H,2,6,12H2,1,3-5H3. The molecule has 0 aliphatic heterocycles. The van der Waals surface area contributed by atoms with E-state index in [2.05, 4.69) is 70.3 Å². The van der Waals surface area contributed by atoms with E-state index in [-0.39, 0.29) is 0 Å². The molecule has 1 aromatic carbocycles. The van der Waals surface area contributed by atoms with E-state index in [0.717, 1.165) is 12.8 Å². The number of hydrogen-bond acceptors (Lipinski definition) is 0. The van der Waals surface area contributed by atoms with Crippen LogP contribution in [0.2, 0.25) is 0 Å². The predicted molar refractivity (Wildman–Crippen MR) is 80.8 cm³/mol. The molecule has 0 radical (unpaired) electrons. The predicted octanol–water partition coefficient (Wildman–Crippen LogP) is 5.64. The fourth-order valence-corrected chi connectivity index (χ4v) is 2.27. The summed E-state index contributed by atoms with van der Waals surface area (Å²) in [6.45, 7) is 12.6. The Hall–Kier alpha value is -1.52. The highest BCUT2D eigenvalue weighted by molar-refractivity contribution is 5.31. The van der Waals surface area contributed by atoms with Crippen LogP contribution in [-0.4, -0.2) is 0 Å². The second-order valence-electron chi connectivity index (χ2n) is 5.16. The Morgan fingerprint density at radius 1 is 1.17 bits per heavy atom. The Balaban J connectivity index is 3.18. The summed E-state index contributed by atoms with van der Waals surface area (Å²) >= 11 is 0. The van der Waals surface area contributed by atoms with Crippen molar-refractivity contribution in [3.63, 3.8) is 0 Å². The van der Waals surface area contributed by atoms with Crippen molar-refractivity contribution in [1.82, 2.24) is 0 Å². The molecule has 0 aliphatic rings. The van der Waals surface area contributed by atoms with E-state index in [1.54, 1.807) is 0 Å². The van der Waals surface area contributed by atoms with Crippen LogP contribution in [0.3, 0.4) is 0 Å². The third-order valence-electron chi connectivity index (χ3n) is 2.93. The minimum atomic E-state index is 0.456. The number of rotatable bonds is 5.